The Labute approximate surface area is 91.1 Å². The lowest BCUT2D eigenvalue weighted by Gasteiger charge is -2.34. The van der Waals surface area contributed by atoms with Crippen LogP contribution in [0.5, 0.6) is 0 Å². The van der Waals surface area contributed by atoms with Gasteiger partial charge in [0.15, 0.2) is 0 Å². The van der Waals surface area contributed by atoms with Gasteiger partial charge in [0.25, 0.3) is 0 Å². The molecule has 0 saturated heterocycles. The molecule has 0 heterocycles. The number of halogens is 5. The van der Waals surface area contributed by atoms with E-state index >= 15 is 0 Å². The van der Waals surface area contributed by atoms with Gasteiger partial charge in [-0.05, 0) is 6.42 Å². The lowest BCUT2D eigenvalue weighted by atomic mass is 9.98. The molecule has 0 aromatic rings. The standard InChI is InChI=1S/C6H7Cl5/c7-2-1-3(8)5(10)6(11)4(2)9/h2-6H,1H2/t2-,3+,4-,5+,6?. The molecule has 0 nitrogen and oxygen atoms in total. The van der Waals surface area contributed by atoms with Crippen molar-refractivity contribution in [3.8, 4) is 0 Å². The molecule has 0 amide bonds. The zero-order chi connectivity index (χ0) is 8.59. The molecule has 0 bridgehead atoms. The van der Waals surface area contributed by atoms with E-state index in [1.165, 1.54) is 0 Å². The average Bonchev–Trinajstić information content (AvgIpc) is 1.97. The minimum atomic E-state index is -0.336. The van der Waals surface area contributed by atoms with Crippen LogP contribution in [0.1, 0.15) is 6.42 Å². The van der Waals surface area contributed by atoms with Crippen molar-refractivity contribution >= 4 is 58.0 Å². The Balaban J connectivity index is 2.63. The molecule has 0 N–H and O–H groups in total. The third kappa shape index (κ3) is 2.22. The first-order chi connectivity index (χ1) is 5.04. The lowest BCUT2D eigenvalue weighted by Crippen LogP contribution is -2.44. The van der Waals surface area contributed by atoms with Crippen LogP contribution in [0.4, 0.5) is 0 Å². The van der Waals surface area contributed by atoms with Crippen molar-refractivity contribution in [3.63, 3.8) is 0 Å². The SMILES string of the molecule is ClC1[C@@H](Cl)[C@@H](Cl)C[C@@H](Cl)[C@H]1Cl. The van der Waals surface area contributed by atoms with Crippen LogP contribution in [-0.4, -0.2) is 26.9 Å². The van der Waals surface area contributed by atoms with Gasteiger partial charge < -0.3 is 0 Å². The molecule has 0 aromatic carbocycles. The van der Waals surface area contributed by atoms with Crippen LogP contribution in [-0.2, 0) is 0 Å². The molecule has 1 unspecified atom stereocenters. The summed E-state index contributed by atoms with van der Waals surface area (Å²) in [6.45, 7) is 0. The van der Waals surface area contributed by atoms with Crippen molar-refractivity contribution in [2.45, 2.75) is 33.3 Å². The summed E-state index contributed by atoms with van der Waals surface area (Å²) in [6, 6.07) is 0. The van der Waals surface area contributed by atoms with Gasteiger partial charge in [-0.1, -0.05) is 0 Å². The summed E-state index contributed by atoms with van der Waals surface area (Å²) in [7, 11) is 0. The van der Waals surface area contributed by atoms with E-state index in [4.69, 9.17) is 58.0 Å². The minimum absolute atomic E-state index is 0.170. The topological polar surface area (TPSA) is 0 Å². The van der Waals surface area contributed by atoms with Crippen LogP contribution in [0.25, 0.3) is 0 Å². The molecule has 1 saturated carbocycles. The Morgan fingerprint density at radius 3 is 1.36 bits per heavy atom. The van der Waals surface area contributed by atoms with Crippen molar-refractivity contribution in [1.29, 1.82) is 0 Å². The molecule has 1 aliphatic carbocycles. The summed E-state index contributed by atoms with van der Waals surface area (Å²) in [5, 5.41) is -1.24. The fourth-order valence-corrected chi connectivity index (χ4v) is 2.93. The molecular weight excluding hydrogens is 249 g/mol. The lowest BCUT2D eigenvalue weighted by molar-refractivity contribution is 0.537. The van der Waals surface area contributed by atoms with E-state index in [9.17, 15) is 0 Å². The largest absolute Gasteiger partial charge is 0.121 e. The maximum absolute atomic E-state index is 5.87. The number of hydrogen-bond donors (Lipinski definition) is 0. The molecule has 0 radical (unpaired) electrons. The van der Waals surface area contributed by atoms with Gasteiger partial charge in [0.05, 0.1) is 26.9 Å². The Hall–Kier alpha value is 1.45. The fraction of sp³-hybridized carbons (Fsp3) is 1.00. The van der Waals surface area contributed by atoms with E-state index in [2.05, 4.69) is 0 Å². The maximum atomic E-state index is 5.87. The van der Waals surface area contributed by atoms with Crippen LogP contribution in [0, 0.1) is 0 Å². The average molecular weight is 256 g/mol. The number of hydrogen-bond acceptors (Lipinski definition) is 0. The molecule has 5 atom stereocenters. The highest BCUT2D eigenvalue weighted by Gasteiger charge is 2.40. The molecule has 11 heavy (non-hydrogen) atoms. The molecular formula is C6H7Cl5. The van der Waals surface area contributed by atoms with Crippen molar-refractivity contribution in [2.75, 3.05) is 0 Å². The molecule has 0 spiro atoms. The molecule has 0 aliphatic heterocycles. The Morgan fingerprint density at radius 1 is 0.636 bits per heavy atom. The molecule has 1 aliphatic rings. The Kier molecular flexibility index (Phi) is 3.93. The zero-order valence-electron chi connectivity index (χ0n) is 5.48. The second-order valence-electron chi connectivity index (χ2n) is 2.60. The second kappa shape index (κ2) is 4.11. The van der Waals surface area contributed by atoms with Gasteiger partial charge in [0.2, 0.25) is 0 Å². The van der Waals surface area contributed by atoms with E-state index in [0.29, 0.717) is 6.42 Å². The van der Waals surface area contributed by atoms with Gasteiger partial charge in [0.1, 0.15) is 0 Å². The first-order valence-corrected chi connectivity index (χ1v) is 5.42. The zero-order valence-corrected chi connectivity index (χ0v) is 9.26. The van der Waals surface area contributed by atoms with Gasteiger partial charge in [-0.25, -0.2) is 0 Å². The summed E-state index contributed by atoms with van der Waals surface area (Å²) in [5.74, 6) is 0. The van der Waals surface area contributed by atoms with E-state index in [-0.39, 0.29) is 26.9 Å². The van der Waals surface area contributed by atoms with E-state index in [1.807, 2.05) is 0 Å². The van der Waals surface area contributed by atoms with E-state index in [0.717, 1.165) is 0 Å². The van der Waals surface area contributed by atoms with Crippen LogP contribution in [0.3, 0.4) is 0 Å². The third-order valence-electron chi connectivity index (χ3n) is 1.75. The highest BCUT2D eigenvalue weighted by molar-refractivity contribution is 6.41. The number of rotatable bonds is 0. The highest BCUT2D eigenvalue weighted by Crippen LogP contribution is 2.36. The van der Waals surface area contributed by atoms with Gasteiger partial charge >= 0.3 is 0 Å². The predicted octanol–water partition coefficient (Wildman–Crippen LogP) is 3.43. The van der Waals surface area contributed by atoms with Crippen molar-refractivity contribution in [3.05, 3.63) is 0 Å². The maximum Gasteiger partial charge on any atom is 0.0692 e. The van der Waals surface area contributed by atoms with Crippen molar-refractivity contribution < 1.29 is 0 Å². The summed E-state index contributed by atoms with van der Waals surface area (Å²) in [6.07, 6.45) is 0.620. The van der Waals surface area contributed by atoms with Crippen LogP contribution in [0.15, 0.2) is 0 Å². The van der Waals surface area contributed by atoms with Crippen LogP contribution in [0.2, 0.25) is 0 Å². The predicted molar refractivity (Wildman–Crippen MR) is 52.8 cm³/mol. The molecule has 1 fully saturated rings. The van der Waals surface area contributed by atoms with Crippen LogP contribution < -0.4 is 0 Å². The van der Waals surface area contributed by atoms with Gasteiger partial charge in [0, 0.05) is 0 Å². The molecule has 0 aromatic heterocycles. The van der Waals surface area contributed by atoms with Crippen LogP contribution >= 0.6 is 58.0 Å². The number of alkyl halides is 5. The quantitative estimate of drug-likeness (QED) is 0.583. The molecule has 1 rings (SSSR count). The molecule has 5 heteroatoms. The summed E-state index contributed by atoms with van der Waals surface area (Å²) < 4.78 is 0. The van der Waals surface area contributed by atoms with Crippen molar-refractivity contribution in [2.24, 2.45) is 0 Å². The van der Waals surface area contributed by atoms with Gasteiger partial charge in [-0.15, -0.1) is 58.0 Å². The normalized spacial score (nSPS) is 52.6. The Morgan fingerprint density at radius 2 is 1.00 bits per heavy atom. The second-order valence-corrected chi connectivity index (χ2v) is 5.23. The van der Waals surface area contributed by atoms with Gasteiger partial charge in [-0.3, -0.25) is 0 Å². The van der Waals surface area contributed by atoms with Crippen molar-refractivity contribution in [1.82, 2.24) is 0 Å². The van der Waals surface area contributed by atoms with E-state index in [1.54, 1.807) is 0 Å². The fourth-order valence-electron chi connectivity index (χ4n) is 1.05. The summed E-state index contributed by atoms with van der Waals surface area (Å²) >= 11 is 29.3. The molecule has 66 valence electrons. The summed E-state index contributed by atoms with van der Waals surface area (Å²) in [5.41, 5.74) is 0. The monoisotopic (exact) mass is 254 g/mol. The summed E-state index contributed by atoms with van der Waals surface area (Å²) in [4.78, 5) is 0. The third-order valence-corrected chi connectivity index (χ3v) is 4.86. The smallest absolute Gasteiger partial charge is 0.0692 e. The highest BCUT2D eigenvalue weighted by atomic mass is 35.5. The Bertz CT molecular complexity index is 125. The van der Waals surface area contributed by atoms with E-state index < -0.39 is 0 Å². The first-order valence-electron chi connectivity index (χ1n) is 3.24. The van der Waals surface area contributed by atoms with Gasteiger partial charge in [-0.2, -0.15) is 0 Å². The minimum Gasteiger partial charge on any atom is -0.121 e. The first kappa shape index (κ1) is 10.5.